The van der Waals surface area contributed by atoms with Crippen LogP contribution in [-0.2, 0) is 9.53 Å². The number of nitrogens with zero attached hydrogens (tertiary/aromatic N) is 3. The second kappa shape index (κ2) is 6.51. The SMILES string of the molecule is N#C/C(=C/Nc1ncn[nH]1)C(=O)NCC1CCCO1. The molecule has 0 aliphatic carbocycles. The number of nitrogens with one attached hydrogen (secondary N) is 3. The minimum Gasteiger partial charge on any atom is -0.376 e. The van der Waals surface area contributed by atoms with Crippen LogP contribution in [-0.4, -0.2) is 40.3 Å². The summed E-state index contributed by atoms with van der Waals surface area (Å²) in [5.74, 6) is -0.0790. The summed E-state index contributed by atoms with van der Waals surface area (Å²) < 4.78 is 5.38. The molecule has 0 bridgehead atoms. The van der Waals surface area contributed by atoms with Crippen LogP contribution in [0.25, 0.3) is 0 Å². The Hall–Kier alpha value is -2.40. The van der Waals surface area contributed by atoms with Crippen LogP contribution in [0.2, 0.25) is 0 Å². The zero-order chi connectivity index (χ0) is 13.5. The predicted octanol–water partition coefficient (Wildman–Crippen LogP) is -0.0807. The number of ether oxygens (including phenoxy) is 1. The third-order valence-electron chi connectivity index (χ3n) is 2.65. The molecule has 1 aliphatic rings. The van der Waals surface area contributed by atoms with Crippen molar-refractivity contribution in [2.24, 2.45) is 0 Å². The Kier molecular flexibility index (Phi) is 4.47. The minimum absolute atomic E-state index is 0.0330. The second-order valence-corrected chi connectivity index (χ2v) is 3.99. The van der Waals surface area contributed by atoms with Gasteiger partial charge < -0.3 is 15.4 Å². The highest BCUT2D eigenvalue weighted by atomic mass is 16.5. The zero-order valence-corrected chi connectivity index (χ0v) is 10.2. The van der Waals surface area contributed by atoms with Gasteiger partial charge in [-0.1, -0.05) is 0 Å². The Bertz CT molecular complexity index is 484. The molecule has 2 rings (SSSR count). The van der Waals surface area contributed by atoms with E-state index in [1.54, 1.807) is 0 Å². The van der Waals surface area contributed by atoms with E-state index in [0.29, 0.717) is 12.5 Å². The summed E-state index contributed by atoms with van der Waals surface area (Å²) in [6.45, 7) is 1.15. The molecular weight excluding hydrogens is 248 g/mol. The lowest BCUT2D eigenvalue weighted by molar-refractivity contribution is -0.117. The summed E-state index contributed by atoms with van der Waals surface area (Å²) >= 11 is 0. The largest absolute Gasteiger partial charge is 0.376 e. The quantitative estimate of drug-likeness (QED) is 0.505. The molecule has 19 heavy (non-hydrogen) atoms. The number of carbonyl (C=O) groups is 1. The summed E-state index contributed by atoms with van der Waals surface area (Å²) in [5, 5.41) is 20.4. The lowest BCUT2D eigenvalue weighted by Crippen LogP contribution is -2.32. The van der Waals surface area contributed by atoms with Crippen LogP contribution in [0.4, 0.5) is 5.95 Å². The Balaban J connectivity index is 1.84. The third-order valence-corrected chi connectivity index (χ3v) is 2.65. The second-order valence-electron chi connectivity index (χ2n) is 3.99. The van der Waals surface area contributed by atoms with Crippen LogP contribution < -0.4 is 10.6 Å². The molecule has 3 N–H and O–H groups in total. The first-order chi connectivity index (χ1) is 9.29. The fourth-order valence-electron chi connectivity index (χ4n) is 1.67. The van der Waals surface area contributed by atoms with E-state index in [4.69, 9.17) is 10.00 Å². The molecular formula is C11H14N6O2. The van der Waals surface area contributed by atoms with Gasteiger partial charge >= 0.3 is 0 Å². The molecule has 8 nitrogen and oxygen atoms in total. The topological polar surface area (TPSA) is 116 Å². The van der Waals surface area contributed by atoms with Gasteiger partial charge in [0.25, 0.3) is 5.91 Å². The Morgan fingerprint density at radius 2 is 2.63 bits per heavy atom. The first-order valence-corrected chi connectivity index (χ1v) is 5.91. The number of aromatic nitrogens is 3. The summed E-state index contributed by atoms with van der Waals surface area (Å²) in [7, 11) is 0. The maximum Gasteiger partial charge on any atom is 0.263 e. The van der Waals surface area contributed by atoms with Gasteiger partial charge in [0.2, 0.25) is 5.95 Å². The molecule has 1 amide bonds. The number of rotatable bonds is 5. The highest BCUT2D eigenvalue weighted by Gasteiger charge is 2.17. The lowest BCUT2D eigenvalue weighted by Gasteiger charge is -2.10. The maximum absolute atomic E-state index is 11.7. The third kappa shape index (κ3) is 3.79. The maximum atomic E-state index is 11.7. The molecule has 1 unspecified atom stereocenters. The fraction of sp³-hybridized carbons (Fsp3) is 0.455. The molecule has 100 valence electrons. The van der Waals surface area contributed by atoms with E-state index in [1.807, 2.05) is 6.07 Å². The average molecular weight is 262 g/mol. The van der Waals surface area contributed by atoms with Crippen molar-refractivity contribution in [2.45, 2.75) is 18.9 Å². The first-order valence-electron chi connectivity index (χ1n) is 5.91. The number of carbonyl (C=O) groups excluding carboxylic acids is 1. The van der Waals surface area contributed by atoms with E-state index in [2.05, 4.69) is 25.8 Å². The normalized spacial score (nSPS) is 18.9. The van der Waals surface area contributed by atoms with E-state index in [9.17, 15) is 4.79 Å². The van der Waals surface area contributed by atoms with Crippen LogP contribution in [0.15, 0.2) is 18.1 Å². The Morgan fingerprint density at radius 3 is 3.26 bits per heavy atom. The van der Waals surface area contributed by atoms with Gasteiger partial charge in [-0.3, -0.25) is 4.79 Å². The number of aromatic amines is 1. The standard InChI is InChI=1S/C11H14N6O2/c12-4-8(5-14-11-15-7-16-17-11)10(18)13-6-9-2-1-3-19-9/h5,7,9H,1-3,6H2,(H,13,18)(H2,14,15,16,17)/b8-5-. The van der Waals surface area contributed by atoms with E-state index in [-0.39, 0.29) is 11.7 Å². The highest BCUT2D eigenvalue weighted by molar-refractivity contribution is 5.97. The Labute approximate surface area is 109 Å². The van der Waals surface area contributed by atoms with Crippen molar-refractivity contribution < 1.29 is 9.53 Å². The molecule has 0 saturated carbocycles. The molecule has 0 aromatic carbocycles. The van der Waals surface area contributed by atoms with Gasteiger partial charge in [0.15, 0.2) is 0 Å². The fourth-order valence-corrected chi connectivity index (χ4v) is 1.67. The zero-order valence-electron chi connectivity index (χ0n) is 10.2. The van der Waals surface area contributed by atoms with E-state index in [1.165, 1.54) is 12.5 Å². The van der Waals surface area contributed by atoms with Crippen LogP contribution in [0, 0.1) is 11.3 Å². The van der Waals surface area contributed by atoms with Gasteiger partial charge in [-0.15, -0.1) is 0 Å². The molecule has 0 radical (unpaired) electrons. The van der Waals surface area contributed by atoms with Crippen molar-refractivity contribution in [1.82, 2.24) is 20.5 Å². The monoisotopic (exact) mass is 262 g/mol. The number of anilines is 1. The van der Waals surface area contributed by atoms with Crippen molar-refractivity contribution in [3.05, 3.63) is 18.1 Å². The lowest BCUT2D eigenvalue weighted by atomic mass is 10.2. The molecule has 1 fully saturated rings. The summed E-state index contributed by atoms with van der Waals surface area (Å²) in [6.07, 6.45) is 4.59. The minimum atomic E-state index is -0.440. The molecule has 1 saturated heterocycles. The molecule has 8 heteroatoms. The highest BCUT2D eigenvalue weighted by Crippen LogP contribution is 2.10. The molecule has 0 spiro atoms. The number of nitriles is 1. The van der Waals surface area contributed by atoms with Crippen molar-refractivity contribution in [1.29, 1.82) is 5.26 Å². The summed E-state index contributed by atoms with van der Waals surface area (Å²) in [4.78, 5) is 15.6. The average Bonchev–Trinajstić information content (AvgIpc) is 3.10. The number of hydrogen-bond acceptors (Lipinski definition) is 6. The summed E-state index contributed by atoms with van der Waals surface area (Å²) in [5.41, 5.74) is -0.0330. The summed E-state index contributed by atoms with van der Waals surface area (Å²) in [6, 6.07) is 1.82. The molecule has 1 atom stereocenters. The van der Waals surface area contributed by atoms with Crippen LogP contribution in [0.1, 0.15) is 12.8 Å². The van der Waals surface area contributed by atoms with E-state index in [0.717, 1.165) is 19.4 Å². The first kappa shape index (κ1) is 13.0. The van der Waals surface area contributed by atoms with Crippen LogP contribution in [0.5, 0.6) is 0 Å². The van der Waals surface area contributed by atoms with E-state index < -0.39 is 5.91 Å². The molecule has 1 aliphatic heterocycles. The molecule has 1 aromatic rings. The van der Waals surface area contributed by atoms with Gasteiger partial charge in [0.1, 0.15) is 18.0 Å². The van der Waals surface area contributed by atoms with Gasteiger partial charge in [-0.2, -0.15) is 15.3 Å². The predicted molar refractivity (Wildman–Crippen MR) is 65.7 cm³/mol. The van der Waals surface area contributed by atoms with Gasteiger partial charge in [-0.05, 0) is 12.8 Å². The van der Waals surface area contributed by atoms with Crippen molar-refractivity contribution in [2.75, 3.05) is 18.5 Å². The van der Waals surface area contributed by atoms with Crippen LogP contribution in [0.3, 0.4) is 0 Å². The molecule has 1 aromatic heterocycles. The van der Waals surface area contributed by atoms with E-state index >= 15 is 0 Å². The van der Waals surface area contributed by atoms with Crippen molar-refractivity contribution in [3.8, 4) is 6.07 Å². The van der Waals surface area contributed by atoms with Gasteiger partial charge in [-0.25, -0.2) is 5.10 Å². The number of amides is 1. The van der Waals surface area contributed by atoms with Crippen molar-refractivity contribution >= 4 is 11.9 Å². The van der Waals surface area contributed by atoms with Gasteiger partial charge in [0, 0.05) is 19.4 Å². The van der Waals surface area contributed by atoms with Gasteiger partial charge in [0.05, 0.1) is 6.10 Å². The smallest absolute Gasteiger partial charge is 0.263 e. The number of H-pyrrole nitrogens is 1. The Morgan fingerprint density at radius 1 is 1.74 bits per heavy atom. The number of hydrogen-bond donors (Lipinski definition) is 3. The molecule has 2 heterocycles. The van der Waals surface area contributed by atoms with Crippen molar-refractivity contribution in [3.63, 3.8) is 0 Å². The van der Waals surface area contributed by atoms with Crippen LogP contribution >= 0.6 is 0 Å².